The Bertz CT molecular complexity index is 283. The molecule has 0 heterocycles. The quantitative estimate of drug-likeness (QED) is 0.738. The first kappa shape index (κ1) is 13.8. The lowest BCUT2D eigenvalue weighted by atomic mass is 9.81. The van der Waals surface area contributed by atoms with Gasteiger partial charge in [-0.1, -0.05) is 19.3 Å². The topological polar surface area (TPSA) is 67.4 Å². The predicted molar refractivity (Wildman–Crippen MR) is 64.6 cm³/mol. The second-order valence-electron chi connectivity index (χ2n) is 4.89. The number of ether oxygens (including phenoxy) is 1. The minimum absolute atomic E-state index is 0.0493. The molecule has 0 radical (unpaired) electrons. The number of carbonyl (C=O) groups is 2. The summed E-state index contributed by atoms with van der Waals surface area (Å²) in [5.74, 6) is -0.337. The zero-order valence-corrected chi connectivity index (χ0v) is 10.8. The molecular weight excluding hydrogens is 220 g/mol. The number of hydrogen-bond acceptors (Lipinski definition) is 3. The van der Waals surface area contributed by atoms with Crippen molar-refractivity contribution in [2.45, 2.75) is 57.5 Å². The van der Waals surface area contributed by atoms with Crippen molar-refractivity contribution in [1.29, 1.82) is 0 Å². The van der Waals surface area contributed by atoms with E-state index >= 15 is 0 Å². The molecule has 0 aliphatic heterocycles. The van der Waals surface area contributed by atoms with E-state index in [-0.39, 0.29) is 18.0 Å². The van der Waals surface area contributed by atoms with Gasteiger partial charge in [0.15, 0.2) is 0 Å². The van der Waals surface area contributed by atoms with Gasteiger partial charge in [-0.3, -0.25) is 0 Å². The molecule has 5 heteroatoms. The lowest BCUT2D eigenvalue weighted by Crippen LogP contribution is -2.59. The molecule has 1 rings (SSSR count). The first-order chi connectivity index (χ1) is 8.00. The lowest BCUT2D eigenvalue weighted by Gasteiger charge is -2.35. The molecule has 1 saturated carbocycles. The Kier molecular flexibility index (Phi) is 4.78. The van der Waals surface area contributed by atoms with Gasteiger partial charge in [-0.15, -0.1) is 0 Å². The van der Waals surface area contributed by atoms with Gasteiger partial charge in [0.1, 0.15) is 5.54 Å². The number of carbonyl (C=O) groups excluding carboxylic acids is 2. The highest BCUT2D eigenvalue weighted by Crippen LogP contribution is 2.29. The number of amides is 2. The largest absolute Gasteiger partial charge is 0.467 e. The van der Waals surface area contributed by atoms with Crippen LogP contribution in [0.2, 0.25) is 0 Å². The fraction of sp³-hybridized carbons (Fsp3) is 0.833. The van der Waals surface area contributed by atoms with Gasteiger partial charge >= 0.3 is 12.0 Å². The van der Waals surface area contributed by atoms with E-state index in [9.17, 15) is 9.59 Å². The number of hydrogen-bond donors (Lipinski definition) is 2. The van der Waals surface area contributed by atoms with Crippen LogP contribution >= 0.6 is 0 Å². The van der Waals surface area contributed by atoms with Crippen molar-refractivity contribution in [3.05, 3.63) is 0 Å². The van der Waals surface area contributed by atoms with Gasteiger partial charge in [0.05, 0.1) is 7.11 Å². The molecule has 0 unspecified atom stereocenters. The molecule has 1 aliphatic rings. The van der Waals surface area contributed by atoms with Crippen LogP contribution in [0.5, 0.6) is 0 Å². The van der Waals surface area contributed by atoms with E-state index in [0.717, 1.165) is 19.3 Å². The zero-order valence-electron chi connectivity index (χ0n) is 10.8. The number of nitrogens with one attached hydrogen (secondary N) is 2. The monoisotopic (exact) mass is 242 g/mol. The molecule has 0 spiro atoms. The minimum atomic E-state index is -0.827. The van der Waals surface area contributed by atoms with E-state index in [1.807, 2.05) is 13.8 Å². The van der Waals surface area contributed by atoms with Gasteiger partial charge in [-0.2, -0.15) is 0 Å². The highest BCUT2D eigenvalue weighted by atomic mass is 16.5. The number of esters is 1. The summed E-state index contributed by atoms with van der Waals surface area (Å²) in [7, 11) is 1.36. The predicted octanol–water partition coefficient (Wildman–Crippen LogP) is 1.57. The van der Waals surface area contributed by atoms with Gasteiger partial charge in [-0.05, 0) is 26.7 Å². The Hall–Kier alpha value is -1.26. The van der Waals surface area contributed by atoms with E-state index in [0.29, 0.717) is 12.8 Å². The molecule has 5 nitrogen and oxygen atoms in total. The summed E-state index contributed by atoms with van der Waals surface area (Å²) >= 11 is 0. The summed E-state index contributed by atoms with van der Waals surface area (Å²) < 4.78 is 4.82. The van der Waals surface area contributed by atoms with Crippen LogP contribution in [0.25, 0.3) is 0 Å². The highest BCUT2D eigenvalue weighted by Gasteiger charge is 2.41. The van der Waals surface area contributed by atoms with Crippen molar-refractivity contribution in [2.75, 3.05) is 7.11 Å². The van der Waals surface area contributed by atoms with Gasteiger partial charge in [0, 0.05) is 6.04 Å². The summed E-state index contributed by atoms with van der Waals surface area (Å²) in [6.07, 6.45) is 4.30. The van der Waals surface area contributed by atoms with Gasteiger partial charge < -0.3 is 15.4 Å². The standard InChI is InChI=1S/C12H22N2O3/c1-9(2)13-11(16)14-12(10(15)17-3)7-5-4-6-8-12/h9H,4-8H2,1-3H3,(H2,13,14,16). The molecule has 0 bridgehead atoms. The summed E-state index contributed by atoms with van der Waals surface area (Å²) in [5, 5.41) is 5.53. The summed E-state index contributed by atoms with van der Waals surface area (Å²) in [6.45, 7) is 3.76. The van der Waals surface area contributed by atoms with E-state index < -0.39 is 5.54 Å². The average Bonchev–Trinajstić information content (AvgIpc) is 2.27. The van der Waals surface area contributed by atoms with Gasteiger partial charge in [0.2, 0.25) is 0 Å². The Morgan fingerprint density at radius 2 is 1.76 bits per heavy atom. The van der Waals surface area contributed by atoms with Crippen LogP contribution in [0, 0.1) is 0 Å². The first-order valence-corrected chi connectivity index (χ1v) is 6.17. The lowest BCUT2D eigenvalue weighted by molar-refractivity contribution is -0.149. The second-order valence-corrected chi connectivity index (χ2v) is 4.89. The van der Waals surface area contributed by atoms with Crippen molar-refractivity contribution in [3.63, 3.8) is 0 Å². The molecule has 1 aliphatic carbocycles. The van der Waals surface area contributed by atoms with Crippen LogP contribution in [-0.4, -0.2) is 30.7 Å². The molecule has 2 N–H and O–H groups in total. The molecule has 0 saturated heterocycles. The van der Waals surface area contributed by atoms with Crippen LogP contribution in [0.4, 0.5) is 4.79 Å². The number of urea groups is 1. The van der Waals surface area contributed by atoms with Crippen molar-refractivity contribution >= 4 is 12.0 Å². The molecule has 0 aromatic rings. The Balaban J connectivity index is 2.70. The Labute approximate surface area is 102 Å². The molecule has 0 aromatic heterocycles. The Morgan fingerprint density at radius 3 is 2.24 bits per heavy atom. The second kappa shape index (κ2) is 5.89. The third-order valence-corrected chi connectivity index (χ3v) is 3.06. The normalized spacial score (nSPS) is 18.6. The fourth-order valence-corrected chi connectivity index (χ4v) is 2.25. The zero-order chi connectivity index (χ0) is 12.9. The van der Waals surface area contributed by atoms with Crippen LogP contribution < -0.4 is 10.6 Å². The summed E-state index contributed by atoms with van der Waals surface area (Å²) in [5.41, 5.74) is -0.827. The Morgan fingerprint density at radius 1 is 1.18 bits per heavy atom. The maximum absolute atomic E-state index is 11.8. The van der Waals surface area contributed by atoms with Crippen molar-refractivity contribution in [1.82, 2.24) is 10.6 Å². The molecule has 98 valence electrons. The third-order valence-electron chi connectivity index (χ3n) is 3.06. The van der Waals surface area contributed by atoms with Crippen molar-refractivity contribution in [3.8, 4) is 0 Å². The molecule has 17 heavy (non-hydrogen) atoms. The van der Waals surface area contributed by atoms with E-state index in [2.05, 4.69) is 10.6 Å². The smallest absolute Gasteiger partial charge is 0.331 e. The van der Waals surface area contributed by atoms with Gasteiger partial charge in [-0.25, -0.2) is 9.59 Å². The molecular formula is C12H22N2O3. The van der Waals surface area contributed by atoms with E-state index in [1.54, 1.807) is 0 Å². The van der Waals surface area contributed by atoms with Crippen LogP contribution in [0.1, 0.15) is 46.0 Å². The SMILES string of the molecule is COC(=O)C1(NC(=O)NC(C)C)CCCCC1. The van der Waals surface area contributed by atoms with E-state index in [1.165, 1.54) is 7.11 Å². The summed E-state index contributed by atoms with van der Waals surface area (Å²) in [4.78, 5) is 23.6. The number of rotatable bonds is 3. The molecule has 0 atom stereocenters. The van der Waals surface area contributed by atoms with E-state index in [4.69, 9.17) is 4.74 Å². The first-order valence-electron chi connectivity index (χ1n) is 6.17. The number of methoxy groups -OCH3 is 1. The van der Waals surface area contributed by atoms with Crippen LogP contribution in [0.3, 0.4) is 0 Å². The highest BCUT2D eigenvalue weighted by molar-refractivity contribution is 5.87. The van der Waals surface area contributed by atoms with Crippen LogP contribution in [-0.2, 0) is 9.53 Å². The molecule has 0 aromatic carbocycles. The summed E-state index contributed by atoms with van der Waals surface area (Å²) in [6, 6.07) is -0.249. The average molecular weight is 242 g/mol. The maximum atomic E-state index is 11.8. The molecule has 2 amide bonds. The fourth-order valence-electron chi connectivity index (χ4n) is 2.25. The van der Waals surface area contributed by atoms with Gasteiger partial charge in [0.25, 0.3) is 0 Å². The third kappa shape index (κ3) is 3.61. The van der Waals surface area contributed by atoms with Crippen LogP contribution in [0.15, 0.2) is 0 Å². The van der Waals surface area contributed by atoms with Crippen molar-refractivity contribution < 1.29 is 14.3 Å². The van der Waals surface area contributed by atoms with Crippen molar-refractivity contribution in [2.24, 2.45) is 0 Å². The maximum Gasteiger partial charge on any atom is 0.331 e. The minimum Gasteiger partial charge on any atom is -0.467 e. The molecule has 1 fully saturated rings.